The van der Waals surface area contributed by atoms with Crippen molar-refractivity contribution in [1.82, 2.24) is 0 Å². The van der Waals surface area contributed by atoms with E-state index in [1.807, 2.05) is 30.3 Å². The summed E-state index contributed by atoms with van der Waals surface area (Å²) in [5, 5.41) is 0. The molecule has 0 bridgehead atoms. The van der Waals surface area contributed by atoms with Crippen molar-refractivity contribution in [2.24, 2.45) is 4.99 Å². The summed E-state index contributed by atoms with van der Waals surface area (Å²) in [5.74, 6) is 0.335. The molecule has 1 heteroatoms. The maximum Gasteiger partial charge on any atom is 0.0633 e. The Hall–Kier alpha value is -3.45. The van der Waals surface area contributed by atoms with E-state index in [9.17, 15) is 0 Å². The highest BCUT2D eigenvalue weighted by atomic mass is 14.8. The SMILES string of the molecule is C=C(N=C(C)C1=C[C@@H](c2ccccc2)CC(c2ccccc2)=C1)c1ccccc1. The summed E-state index contributed by atoms with van der Waals surface area (Å²) < 4.78 is 0. The number of hydrogen-bond donors (Lipinski definition) is 0. The van der Waals surface area contributed by atoms with Crippen LogP contribution in [0.4, 0.5) is 0 Å². The van der Waals surface area contributed by atoms with Gasteiger partial charge in [-0.25, -0.2) is 0 Å². The molecule has 0 unspecified atom stereocenters. The molecule has 3 aromatic rings. The molecule has 0 aromatic heterocycles. The van der Waals surface area contributed by atoms with Crippen molar-refractivity contribution in [3.05, 3.63) is 132 Å². The van der Waals surface area contributed by atoms with Gasteiger partial charge >= 0.3 is 0 Å². The first kappa shape index (κ1) is 18.9. The van der Waals surface area contributed by atoms with E-state index in [0.29, 0.717) is 5.92 Å². The molecule has 1 atom stereocenters. The van der Waals surface area contributed by atoms with E-state index < -0.39 is 0 Å². The molecule has 0 radical (unpaired) electrons. The highest BCUT2D eigenvalue weighted by molar-refractivity contribution is 6.05. The minimum atomic E-state index is 0.335. The summed E-state index contributed by atoms with van der Waals surface area (Å²) in [6.07, 6.45) is 5.62. The van der Waals surface area contributed by atoms with Gasteiger partial charge in [0.15, 0.2) is 0 Å². The lowest BCUT2D eigenvalue weighted by Crippen LogP contribution is -2.08. The van der Waals surface area contributed by atoms with Crippen LogP contribution in [0.5, 0.6) is 0 Å². The molecule has 0 fully saturated rings. The van der Waals surface area contributed by atoms with Gasteiger partial charge in [-0.15, -0.1) is 0 Å². The molecule has 29 heavy (non-hydrogen) atoms. The second kappa shape index (κ2) is 8.70. The van der Waals surface area contributed by atoms with E-state index in [4.69, 9.17) is 4.99 Å². The Balaban J connectivity index is 1.71. The summed E-state index contributed by atoms with van der Waals surface area (Å²) >= 11 is 0. The van der Waals surface area contributed by atoms with Crippen LogP contribution in [0.2, 0.25) is 0 Å². The predicted octanol–water partition coefficient (Wildman–Crippen LogP) is 7.32. The van der Waals surface area contributed by atoms with E-state index in [1.54, 1.807) is 0 Å². The largest absolute Gasteiger partial charge is 0.253 e. The fourth-order valence-corrected chi connectivity index (χ4v) is 3.76. The molecule has 1 aliphatic carbocycles. The van der Waals surface area contributed by atoms with Gasteiger partial charge in [-0.2, -0.15) is 0 Å². The molecule has 142 valence electrons. The summed E-state index contributed by atoms with van der Waals surface area (Å²) in [7, 11) is 0. The van der Waals surface area contributed by atoms with Crippen LogP contribution < -0.4 is 0 Å². The molecule has 3 aromatic carbocycles. The van der Waals surface area contributed by atoms with Crippen molar-refractivity contribution >= 4 is 17.0 Å². The van der Waals surface area contributed by atoms with Gasteiger partial charge in [0.2, 0.25) is 0 Å². The van der Waals surface area contributed by atoms with Gasteiger partial charge in [-0.05, 0) is 47.3 Å². The van der Waals surface area contributed by atoms with Crippen molar-refractivity contribution in [2.75, 3.05) is 0 Å². The van der Waals surface area contributed by atoms with E-state index in [2.05, 4.69) is 86.3 Å². The number of benzene rings is 3. The van der Waals surface area contributed by atoms with Gasteiger partial charge in [0, 0.05) is 11.6 Å². The minimum absolute atomic E-state index is 0.335. The lowest BCUT2D eigenvalue weighted by Gasteiger charge is -2.23. The maximum atomic E-state index is 4.84. The van der Waals surface area contributed by atoms with Crippen LogP contribution in [0.1, 0.15) is 36.0 Å². The first-order chi connectivity index (χ1) is 14.2. The molecule has 0 saturated carbocycles. The molecule has 0 spiro atoms. The van der Waals surface area contributed by atoms with Crippen LogP contribution in [-0.4, -0.2) is 5.71 Å². The van der Waals surface area contributed by atoms with Crippen LogP contribution in [0.3, 0.4) is 0 Å². The van der Waals surface area contributed by atoms with Crippen molar-refractivity contribution in [3.63, 3.8) is 0 Å². The van der Waals surface area contributed by atoms with E-state index >= 15 is 0 Å². The molecule has 1 aliphatic rings. The summed E-state index contributed by atoms with van der Waals surface area (Å²) in [5.41, 5.74) is 7.95. The Morgan fingerprint density at radius 2 is 1.41 bits per heavy atom. The molecule has 4 rings (SSSR count). The quantitative estimate of drug-likeness (QED) is 0.414. The third-order valence-corrected chi connectivity index (χ3v) is 5.35. The van der Waals surface area contributed by atoms with Gasteiger partial charge in [-0.1, -0.05) is 104 Å². The molecule has 1 nitrogen and oxygen atoms in total. The smallest absolute Gasteiger partial charge is 0.0633 e. The van der Waals surface area contributed by atoms with Crippen LogP contribution in [0.25, 0.3) is 11.3 Å². The molecular weight excluding hydrogens is 350 g/mol. The van der Waals surface area contributed by atoms with Crippen LogP contribution >= 0.6 is 0 Å². The Bertz CT molecular complexity index is 1070. The molecule has 0 saturated heterocycles. The standard InChI is InChI=1S/C28H25N/c1-21(23-12-6-3-7-13-23)29-22(2)26-18-27(24-14-8-4-9-15-24)20-28(19-26)25-16-10-5-11-17-25/h3-19,27H,1,20H2,2H3/t27-/m1/s1. The number of allylic oxidation sites excluding steroid dienone is 4. The Morgan fingerprint density at radius 1 is 0.828 bits per heavy atom. The number of aliphatic imine (C=N–C) groups is 1. The van der Waals surface area contributed by atoms with E-state index in [1.165, 1.54) is 22.3 Å². The number of nitrogens with zero attached hydrogens (tertiary/aromatic N) is 1. The second-order valence-corrected chi connectivity index (χ2v) is 7.39. The maximum absolute atomic E-state index is 4.84. The van der Waals surface area contributed by atoms with Crippen LogP contribution in [0, 0.1) is 0 Å². The molecule has 0 aliphatic heterocycles. The third kappa shape index (κ3) is 4.52. The van der Waals surface area contributed by atoms with E-state index in [0.717, 1.165) is 23.4 Å². The van der Waals surface area contributed by atoms with Crippen LogP contribution in [-0.2, 0) is 0 Å². The highest BCUT2D eigenvalue weighted by Crippen LogP contribution is 2.36. The van der Waals surface area contributed by atoms with Crippen molar-refractivity contribution in [2.45, 2.75) is 19.3 Å². The van der Waals surface area contributed by atoms with Gasteiger partial charge in [-0.3, -0.25) is 4.99 Å². The Kier molecular flexibility index (Phi) is 5.67. The third-order valence-electron chi connectivity index (χ3n) is 5.35. The Morgan fingerprint density at radius 3 is 2.07 bits per heavy atom. The first-order valence-electron chi connectivity index (χ1n) is 10.0. The summed E-state index contributed by atoms with van der Waals surface area (Å²) in [6, 6.07) is 31.5. The molecule has 0 amide bonds. The average molecular weight is 376 g/mol. The van der Waals surface area contributed by atoms with Crippen LogP contribution in [0.15, 0.2) is 120 Å². The van der Waals surface area contributed by atoms with Gasteiger partial charge in [0.05, 0.1) is 5.70 Å². The van der Waals surface area contributed by atoms with E-state index in [-0.39, 0.29) is 0 Å². The van der Waals surface area contributed by atoms with Crippen molar-refractivity contribution in [1.29, 1.82) is 0 Å². The normalized spacial score (nSPS) is 16.7. The van der Waals surface area contributed by atoms with Gasteiger partial charge < -0.3 is 0 Å². The Labute approximate surface area is 173 Å². The molecule has 0 heterocycles. The topological polar surface area (TPSA) is 12.4 Å². The number of hydrogen-bond acceptors (Lipinski definition) is 1. The first-order valence-corrected chi connectivity index (χ1v) is 10.0. The fourth-order valence-electron chi connectivity index (χ4n) is 3.76. The van der Waals surface area contributed by atoms with Crippen molar-refractivity contribution in [3.8, 4) is 0 Å². The predicted molar refractivity (Wildman–Crippen MR) is 125 cm³/mol. The van der Waals surface area contributed by atoms with Gasteiger partial charge in [0.25, 0.3) is 0 Å². The molecular formula is C28H25N. The van der Waals surface area contributed by atoms with Crippen molar-refractivity contribution < 1.29 is 0 Å². The monoisotopic (exact) mass is 375 g/mol. The fraction of sp³-hybridized carbons (Fsp3) is 0.107. The van der Waals surface area contributed by atoms with Gasteiger partial charge in [0.1, 0.15) is 0 Å². The summed E-state index contributed by atoms with van der Waals surface area (Å²) in [6.45, 7) is 6.25. The second-order valence-electron chi connectivity index (χ2n) is 7.39. The lowest BCUT2D eigenvalue weighted by molar-refractivity contribution is 0.863. The molecule has 0 N–H and O–H groups in total. The average Bonchev–Trinajstić information content (AvgIpc) is 2.80. The highest BCUT2D eigenvalue weighted by Gasteiger charge is 2.19. The number of rotatable bonds is 5. The minimum Gasteiger partial charge on any atom is -0.253 e. The zero-order valence-electron chi connectivity index (χ0n) is 16.8. The zero-order chi connectivity index (χ0) is 20.1. The summed E-state index contributed by atoms with van der Waals surface area (Å²) in [4.78, 5) is 4.84. The zero-order valence-corrected chi connectivity index (χ0v) is 16.8. The lowest BCUT2D eigenvalue weighted by atomic mass is 9.82.